The average molecular weight is 358 g/mol. The van der Waals surface area contributed by atoms with E-state index in [-0.39, 0.29) is 11.7 Å². The van der Waals surface area contributed by atoms with E-state index in [2.05, 4.69) is 38.3 Å². The number of nitrogens with one attached hydrogen (secondary N) is 1. The van der Waals surface area contributed by atoms with Crippen molar-refractivity contribution < 1.29 is 4.39 Å². The molecule has 1 N–H and O–H groups in total. The largest absolute Gasteiger partial charge is 0.358 e. The maximum absolute atomic E-state index is 15.4. The molecule has 4 aromatic rings. The summed E-state index contributed by atoms with van der Waals surface area (Å²) in [6.45, 7) is 1.44. The maximum Gasteiger partial charge on any atom is 0.137 e. The van der Waals surface area contributed by atoms with E-state index in [0.29, 0.717) is 17.8 Å². The van der Waals surface area contributed by atoms with Gasteiger partial charge < -0.3 is 9.88 Å². The number of rotatable bonds is 2. The monoisotopic (exact) mass is 358 g/mol. The Bertz CT molecular complexity index is 1090. The molecule has 0 fully saturated rings. The Morgan fingerprint density at radius 2 is 2.00 bits per heavy atom. The van der Waals surface area contributed by atoms with Gasteiger partial charge in [0.15, 0.2) is 0 Å². The molecule has 1 unspecified atom stereocenters. The Labute approximate surface area is 156 Å². The van der Waals surface area contributed by atoms with Crippen LogP contribution in [-0.4, -0.2) is 33.7 Å². The van der Waals surface area contributed by atoms with E-state index in [4.69, 9.17) is 0 Å². The molecule has 134 valence electrons. The topological polar surface area (TPSA) is 44.8 Å². The van der Waals surface area contributed by atoms with E-state index in [1.165, 1.54) is 5.39 Å². The Morgan fingerprint density at radius 3 is 2.81 bits per heavy atom. The number of hydrogen-bond donors (Lipinski definition) is 1. The van der Waals surface area contributed by atoms with Gasteiger partial charge in [-0.05, 0) is 48.3 Å². The normalized spacial score (nSPS) is 17.2. The van der Waals surface area contributed by atoms with Crippen LogP contribution in [0.4, 0.5) is 4.39 Å². The third-order valence-electron chi connectivity index (χ3n) is 5.35. The molecule has 0 aliphatic carbocycles. The van der Waals surface area contributed by atoms with Gasteiger partial charge in [-0.15, -0.1) is 0 Å². The Morgan fingerprint density at radius 1 is 1.11 bits per heavy atom. The number of halogens is 1. The number of fused-ring (bicyclic) bond motifs is 2. The lowest BCUT2D eigenvalue weighted by atomic mass is 9.86. The van der Waals surface area contributed by atoms with Crippen molar-refractivity contribution >= 4 is 10.9 Å². The Kier molecular flexibility index (Phi) is 3.76. The van der Waals surface area contributed by atoms with E-state index < -0.39 is 0 Å². The van der Waals surface area contributed by atoms with Crippen molar-refractivity contribution in [3.63, 3.8) is 0 Å². The van der Waals surface area contributed by atoms with Gasteiger partial charge in [-0.2, -0.15) is 10.2 Å². The van der Waals surface area contributed by atoms with Crippen LogP contribution < -0.4 is 0 Å². The molecule has 1 aliphatic heterocycles. The summed E-state index contributed by atoms with van der Waals surface area (Å²) in [5.41, 5.74) is 5.09. The summed E-state index contributed by atoms with van der Waals surface area (Å²) in [4.78, 5) is 5.69. The van der Waals surface area contributed by atoms with Gasteiger partial charge in [0.2, 0.25) is 0 Å². The van der Waals surface area contributed by atoms with Gasteiger partial charge in [0, 0.05) is 47.5 Å². The van der Waals surface area contributed by atoms with Crippen LogP contribution >= 0.6 is 0 Å². The van der Waals surface area contributed by atoms with Gasteiger partial charge in [0.25, 0.3) is 0 Å². The molecule has 0 spiro atoms. The number of aromatic amines is 1. The first kappa shape index (κ1) is 16.1. The van der Waals surface area contributed by atoms with Crippen molar-refractivity contribution in [2.45, 2.75) is 12.5 Å². The van der Waals surface area contributed by atoms with Crippen LogP contribution in [0.2, 0.25) is 0 Å². The number of aromatic nitrogens is 3. The van der Waals surface area contributed by atoms with Crippen LogP contribution in [0, 0.1) is 5.82 Å². The second kappa shape index (κ2) is 6.28. The van der Waals surface area contributed by atoms with E-state index in [0.717, 1.165) is 28.9 Å². The fourth-order valence-corrected chi connectivity index (χ4v) is 4.06. The summed E-state index contributed by atoms with van der Waals surface area (Å²) in [6.07, 6.45) is 1.60. The molecule has 2 aromatic carbocycles. The zero-order chi connectivity index (χ0) is 18.4. The lowest BCUT2D eigenvalue weighted by molar-refractivity contribution is 0.287. The van der Waals surface area contributed by atoms with E-state index >= 15 is 4.39 Å². The summed E-state index contributed by atoms with van der Waals surface area (Å²) in [5, 5.41) is 9.14. The molecule has 5 heteroatoms. The zero-order valence-corrected chi connectivity index (χ0v) is 15.0. The molecule has 4 nitrogen and oxygen atoms in total. The number of H-pyrrole nitrogens is 1. The SMILES string of the molecule is CN1Cc2c(ccc(-c3cccnn3)c2F)C(c2cc3ccccc3[nH]2)C1. The molecule has 3 heterocycles. The third kappa shape index (κ3) is 2.71. The van der Waals surface area contributed by atoms with Crippen molar-refractivity contribution in [2.75, 3.05) is 13.6 Å². The Hall–Kier alpha value is -3.05. The smallest absolute Gasteiger partial charge is 0.137 e. The average Bonchev–Trinajstić information content (AvgIpc) is 3.13. The second-order valence-corrected chi connectivity index (χ2v) is 7.17. The molecule has 27 heavy (non-hydrogen) atoms. The molecule has 0 saturated carbocycles. The summed E-state index contributed by atoms with van der Waals surface area (Å²) in [6, 6.07) is 17.9. The van der Waals surface area contributed by atoms with Crippen LogP contribution in [-0.2, 0) is 6.54 Å². The standard InChI is InChI=1S/C22H19FN4/c1-27-12-17(21-11-14-5-2-3-6-19(14)25-21)15-8-9-16(22(23)18(15)13-27)20-7-4-10-24-26-20/h2-11,17,25H,12-13H2,1H3. The molecule has 0 bridgehead atoms. The van der Waals surface area contributed by atoms with Crippen LogP contribution in [0.15, 0.2) is 60.8 Å². The van der Waals surface area contributed by atoms with Crippen molar-refractivity contribution in [2.24, 2.45) is 0 Å². The van der Waals surface area contributed by atoms with Gasteiger partial charge in [-0.1, -0.05) is 24.3 Å². The van der Waals surface area contributed by atoms with Gasteiger partial charge >= 0.3 is 0 Å². The highest BCUT2D eigenvalue weighted by atomic mass is 19.1. The summed E-state index contributed by atoms with van der Waals surface area (Å²) < 4.78 is 15.4. The molecular weight excluding hydrogens is 339 g/mol. The quantitative estimate of drug-likeness (QED) is 0.580. The zero-order valence-electron chi connectivity index (χ0n) is 15.0. The fraction of sp³-hybridized carbons (Fsp3) is 0.182. The van der Waals surface area contributed by atoms with Crippen molar-refractivity contribution in [3.05, 3.63) is 83.4 Å². The molecule has 5 rings (SSSR count). The highest BCUT2D eigenvalue weighted by Gasteiger charge is 2.29. The number of likely N-dealkylation sites (N-methyl/N-ethyl adjacent to an activating group) is 1. The van der Waals surface area contributed by atoms with Gasteiger partial charge in [-0.3, -0.25) is 0 Å². The van der Waals surface area contributed by atoms with Gasteiger partial charge in [0.1, 0.15) is 5.82 Å². The highest BCUT2D eigenvalue weighted by Crippen LogP contribution is 2.37. The first-order valence-corrected chi connectivity index (χ1v) is 9.06. The number of nitrogens with zero attached hydrogens (tertiary/aromatic N) is 3. The van der Waals surface area contributed by atoms with E-state index in [9.17, 15) is 0 Å². The summed E-state index contributed by atoms with van der Waals surface area (Å²) >= 11 is 0. The van der Waals surface area contributed by atoms with Crippen molar-refractivity contribution in [1.29, 1.82) is 0 Å². The molecule has 1 aliphatic rings. The highest BCUT2D eigenvalue weighted by molar-refractivity contribution is 5.80. The number of benzene rings is 2. The maximum atomic E-state index is 15.4. The van der Waals surface area contributed by atoms with Crippen molar-refractivity contribution in [3.8, 4) is 11.3 Å². The van der Waals surface area contributed by atoms with Crippen molar-refractivity contribution in [1.82, 2.24) is 20.1 Å². The van der Waals surface area contributed by atoms with Crippen LogP contribution in [0.3, 0.4) is 0 Å². The predicted octanol–water partition coefficient (Wildman–Crippen LogP) is 4.34. The summed E-state index contributed by atoms with van der Waals surface area (Å²) in [5.74, 6) is -0.0859. The minimum atomic E-state index is -0.194. The Balaban J connectivity index is 1.64. The van der Waals surface area contributed by atoms with Crippen LogP contribution in [0.25, 0.3) is 22.2 Å². The van der Waals surface area contributed by atoms with Crippen LogP contribution in [0.5, 0.6) is 0 Å². The third-order valence-corrected chi connectivity index (χ3v) is 5.35. The first-order chi connectivity index (χ1) is 13.2. The van der Waals surface area contributed by atoms with E-state index in [1.54, 1.807) is 18.3 Å². The first-order valence-electron chi connectivity index (χ1n) is 9.06. The van der Waals surface area contributed by atoms with Gasteiger partial charge in [-0.25, -0.2) is 4.39 Å². The minimum absolute atomic E-state index is 0.108. The fourth-order valence-electron chi connectivity index (χ4n) is 4.06. The lowest BCUT2D eigenvalue weighted by Gasteiger charge is -2.32. The molecular formula is C22H19FN4. The molecule has 0 amide bonds. The van der Waals surface area contributed by atoms with Crippen LogP contribution in [0.1, 0.15) is 22.7 Å². The molecule has 0 radical (unpaired) electrons. The lowest BCUT2D eigenvalue weighted by Crippen LogP contribution is -2.32. The molecule has 1 atom stereocenters. The molecule has 2 aromatic heterocycles. The number of para-hydroxylation sites is 1. The molecule has 0 saturated heterocycles. The second-order valence-electron chi connectivity index (χ2n) is 7.17. The van der Waals surface area contributed by atoms with Gasteiger partial charge in [0.05, 0.1) is 5.69 Å². The predicted molar refractivity (Wildman–Crippen MR) is 104 cm³/mol. The number of hydrogen-bond acceptors (Lipinski definition) is 3. The summed E-state index contributed by atoms with van der Waals surface area (Å²) in [7, 11) is 2.03. The van der Waals surface area contributed by atoms with E-state index in [1.807, 2.05) is 31.3 Å². The minimum Gasteiger partial charge on any atom is -0.358 e.